The maximum absolute atomic E-state index is 13.6. The quantitative estimate of drug-likeness (QED) is 0.791. The first-order chi connectivity index (χ1) is 10.3. The van der Waals surface area contributed by atoms with Crippen molar-refractivity contribution in [1.29, 1.82) is 0 Å². The number of rotatable bonds is 3. The van der Waals surface area contributed by atoms with Crippen molar-refractivity contribution in [3.05, 3.63) is 34.6 Å². The van der Waals surface area contributed by atoms with Gasteiger partial charge < -0.3 is 4.90 Å². The third kappa shape index (κ3) is 4.58. The van der Waals surface area contributed by atoms with Crippen LogP contribution in [0.1, 0.15) is 5.56 Å². The maximum atomic E-state index is 13.6. The number of piperazine rings is 1. The summed E-state index contributed by atoms with van der Waals surface area (Å²) in [6.07, 6.45) is -4.43. The summed E-state index contributed by atoms with van der Waals surface area (Å²) in [6, 6.07) is 4.16. The molecule has 1 fully saturated rings. The van der Waals surface area contributed by atoms with E-state index in [-0.39, 0.29) is 49.1 Å². The number of halogens is 5. The molecule has 0 spiro atoms. The molecule has 0 N–H and O–H groups in total. The Balaban J connectivity index is 1.90. The van der Waals surface area contributed by atoms with E-state index < -0.39 is 18.5 Å². The summed E-state index contributed by atoms with van der Waals surface area (Å²) in [5, 5.41) is 0.170. The largest absolute Gasteiger partial charge is 0.401 e. The number of hydrogen-bond acceptors (Lipinski definition) is 2. The molecule has 2 rings (SSSR count). The summed E-state index contributed by atoms with van der Waals surface area (Å²) < 4.78 is 50.5. The minimum atomic E-state index is -4.24. The van der Waals surface area contributed by atoms with E-state index in [1.807, 2.05) is 0 Å². The molecule has 1 saturated heterocycles. The number of nitrogens with zero attached hydrogens (tertiary/aromatic N) is 2. The summed E-state index contributed by atoms with van der Waals surface area (Å²) in [6.45, 7) is -0.289. The van der Waals surface area contributed by atoms with Crippen LogP contribution < -0.4 is 0 Å². The van der Waals surface area contributed by atoms with Gasteiger partial charge in [-0.25, -0.2) is 4.39 Å². The lowest BCUT2D eigenvalue weighted by Crippen LogP contribution is -2.51. The van der Waals surface area contributed by atoms with Crippen molar-refractivity contribution in [3.8, 4) is 0 Å². The Hall–Kier alpha value is -1.34. The van der Waals surface area contributed by atoms with Crippen molar-refractivity contribution >= 4 is 17.5 Å². The van der Waals surface area contributed by atoms with Crippen molar-refractivity contribution in [3.63, 3.8) is 0 Å². The van der Waals surface area contributed by atoms with E-state index in [2.05, 4.69) is 0 Å². The van der Waals surface area contributed by atoms with Crippen LogP contribution in [0.15, 0.2) is 18.2 Å². The second kappa shape index (κ2) is 6.83. The van der Waals surface area contributed by atoms with Crippen molar-refractivity contribution in [2.24, 2.45) is 0 Å². The minimum absolute atomic E-state index is 0.117. The Labute approximate surface area is 130 Å². The molecule has 1 aliphatic rings. The van der Waals surface area contributed by atoms with Gasteiger partial charge in [0.1, 0.15) is 5.82 Å². The molecule has 122 valence electrons. The van der Waals surface area contributed by atoms with Gasteiger partial charge in [-0.05, 0) is 12.1 Å². The molecule has 0 aromatic heterocycles. The summed E-state index contributed by atoms with van der Waals surface area (Å²) in [4.78, 5) is 14.8. The molecule has 0 saturated carbocycles. The van der Waals surface area contributed by atoms with Crippen molar-refractivity contribution in [2.75, 3.05) is 32.7 Å². The number of amides is 1. The second-order valence-electron chi connectivity index (χ2n) is 5.15. The molecule has 22 heavy (non-hydrogen) atoms. The summed E-state index contributed by atoms with van der Waals surface area (Å²) in [7, 11) is 0. The lowest BCUT2D eigenvalue weighted by Gasteiger charge is -2.35. The first-order valence-electron chi connectivity index (χ1n) is 6.76. The first kappa shape index (κ1) is 17.0. The number of carbonyl (C=O) groups excluding carboxylic acids is 1. The van der Waals surface area contributed by atoms with Gasteiger partial charge >= 0.3 is 6.18 Å². The van der Waals surface area contributed by atoms with Crippen LogP contribution in [0.2, 0.25) is 5.02 Å². The van der Waals surface area contributed by atoms with E-state index in [0.717, 1.165) is 0 Å². The molecule has 3 nitrogen and oxygen atoms in total. The number of carbonyl (C=O) groups is 1. The SMILES string of the molecule is O=C(Cc1c(F)cccc1Cl)N1CCN(CC(F)(F)F)CC1. The van der Waals surface area contributed by atoms with Gasteiger partial charge in [-0.2, -0.15) is 13.2 Å². The van der Waals surface area contributed by atoms with Crippen LogP contribution in [-0.2, 0) is 11.2 Å². The van der Waals surface area contributed by atoms with Crippen LogP contribution in [0.25, 0.3) is 0 Å². The van der Waals surface area contributed by atoms with Crippen molar-refractivity contribution in [1.82, 2.24) is 9.80 Å². The second-order valence-corrected chi connectivity index (χ2v) is 5.56. The smallest absolute Gasteiger partial charge is 0.340 e. The molecule has 0 bridgehead atoms. The number of alkyl halides is 3. The van der Waals surface area contributed by atoms with E-state index in [1.165, 1.54) is 28.0 Å². The van der Waals surface area contributed by atoms with E-state index in [4.69, 9.17) is 11.6 Å². The van der Waals surface area contributed by atoms with Crippen LogP contribution in [-0.4, -0.2) is 54.6 Å². The predicted octanol–water partition coefficient (Wildman–Crippen LogP) is 2.73. The fraction of sp³-hybridized carbons (Fsp3) is 0.500. The molecule has 8 heteroatoms. The fourth-order valence-corrected chi connectivity index (χ4v) is 2.60. The van der Waals surface area contributed by atoms with Gasteiger partial charge in [-0.3, -0.25) is 9.69 Å². The van der Waals surface area contributed by atoms with Gasteiger partial charge in [-0.15, -0.1) is 0 Å². The highest BCUT2D eigenvalue weighted by Gasteiger charge is 2.32. The highest BCUT2D eigenvalue weighted by molar-refractivity contribution is 6.31. The first-order valence-corrected chi connectivity index (χ1v) is 7.14. The molecule has 1 aliphatic heterocycles. The van der Waals surface area contributed by atoms with Gasteiger partial charge in [0.25, 0.3) is 0 Å². The van der Waals surface area contributed by atoms with Gasteiger partial charge in [0.15, 0.2) is 0 Å². The number of benzene rings is 1. The monoisotopic (exact) mass is 338 g/mol. The summed E-state index contributed by atoms with van der Waals surface area (Å²) in [5.74, 6) is -0.893. The highest BCUT2D eigenvalue weighted by atomic mass is 35.5. The molecule has 0 radical (unpaired) electrons. The van der Waals surface area contributed by atoms with Gasteiger partial charge in [-0.1, -0.05) is 17.7 Å². The van der Waals surface area contributed by atoms with Gasteiger partial charge in [0.2, 0.25) is 5.91 Å². The van der Waals surface area contributed by atoms with Crippen LogP contribution in [0.3, 0.4) is 0 Å². The highest BCUT2D eigenvalue weighted by Crippen LogP contribution is 2.21. The molecule has 1 amide bonds. The lowest BCUT2D eigenvalue weighted by atomic mass is 10.1. The van der Waals surface area contributed by atoms with Crippen LogP contribution >= 0.6 is 11.6 Å². The van der Waals surface area contributed by atoms with Crippen molar-refractivity contribution < 1.29 is 22.4 Å². The van der Waals surface area contributed by atoms with E-state index in [1.54, 1.807) is 0 Å². The Morgan fingerprint density at radius 2 is 1.82 bits per heavy atom. The molecule has 1 aromatic rings. The standard InChI is InChI=1S/C14H15ClF4N2O/c15-11-2-1-3-12(16)10(11)8-13(22)21-6-4-20(5-7-21)9-14(17,18)19/h1-3H,4-9H2. The van der Waals surface area contributed by atoms with E-state index in [9.17, 15) is 22.4 Å². The van der Waals surface area contributed by atoms with E-state index >= 15 is 0 Å². The molecule has 0 aliphatic carbocycles. The molecule has 1 aromatic carbocycles. The van der Waals surface area contributed by atoms with Gasteiger partial charge in [0, 0.05) is 36.8 Å². The molecular formula is C14H15ClF4N2O. The average Bonchev–Trinajstić information content (AvgIpc) is 2.42. The third-order valence-corrected chi connectivity index (χ3v) is 3.87. The fourth-order valence-electron chi connectivity index (χ4n) is 2.37. The van der Waals surface area contributed by atoms with Crippen molar-refractivity contribution in [2.45, 2.75) is 12.6 Å². The zero-order chi connectivity index (χ0) is 16.3. The topological polar surface area (TPSA) is 23.6 Å². The summed E-state index contributed by atoms with van der Waals surface area (Å²) >= 11 is 5.86. The Kier molecular flexibility index (Phi) is 5.28. The zero-order valence-electron chi connectivity index (χ0n) is 11.7. The minimum Gasteiger partial charge on any atom is -0.340 e. The average molecular weight is 339 g/mol. The maximum Gasteiger partial charge on any atom is 0.401 e. The zero-order valence-corrected chi connectivity index (χ0v) is 12.4. The lowest BCUT2D eigenvalue weighted by molar-refractivity contribution is -0.151. The third-order valence-electron chi connectivity index (χ3n) is 3.52. The van der Waals surface area contributed by atoms with Crippen LogP contribution in [0.4, 0.5) is 17.6 Å². The van der Waals surface area contributed by atoms with Gasteiger partial charge in [0.05, 0.1) is 13.0 Å². The number of hydrogen-bond donors (Lipinski definition) is 0. The normalized spacial score (nSPS) is 16.9. The Morgan fingerprint density at radius 1 is 1.18 bits per heavy atom. The Bertz CT molecular complexity index is 522. The van der Waals surface area contributed by atoms with E-state index in [0.29, 0.717) is 0 Å². The Morgan fingerprint density at radius 3 is 2.36 bits per heavy atom. The molecule has 1 heterocycles. The summed E-state index contributed by atoms with van der Waals surface area (Å²) in [5.41, 5.74) is 0.117. The molecule has 0 atom stereocenters. The van der Waals surface area contributed by atoms with Crippen LogP contribution in [0.5, 0.6) is 0 Å². The predicted molar refractivity (Wildman–Crippen MR) is 74.2 cm³/mol. The molecular weight excluding hydrogens is 324 g/mol. The van der Waals surface area contributed by atoms with Crippen LogP contribution in [0, 0.1) is 5.82 Å². The molecule has 0 unspecified atom stereocenters.